The molecule has 0 saturated heterocycles. The van der Waals surface area contributed by atoms with Gasteiger partial charge in [-0.2, -0.15) is 40.7 Å². The second-order valence-corrected chi connectivity index (χ2v) is 18.0. The summed E-state index contributed by atoms with van der Waals surface area (Å²) < 4.78 is 130. The smallest absolute Gasteiger partial charge is 0.418 e. The summed E-state index contributed by atoms with van der Waals surface area (Å²) in [4.78, 5) is 15.5. The molecule has 0 aliphatic carbocycles. The van der Waals surface area contributed by atoms with Gasteiger partial charge in [-0.3, -0.25) is 9.97 Å². The average molecular weight is 1020 g/mol. The van der Waals surface area contributed by atoms with Crippen molar-refractivity contribution < 1.29 is 48.6 Å². The molecule has 4 heterocycles. The molecule has 0 saturated carbocycles. The van der Waals surface area contributed by atoms with Crippen LogP contribution in [-0.4, -0.2) is 34.6 Å². The number of nitrogens with two attached hydrogens (primary N) is 2. The van der Waals surface area contributed by atoms with Gasteiger partial charge >= 0.3 is 12.4 Å². The number of pyridine rings is 4. The van der Waals surface area contributed by atoms with Crippen molar-refractivity contribution in [3.63, 3.8) is 0 Å². The van der Waals surface area contributed by atoms with Gasteiger partial charge < -0.3 is 20.9 Å². The Balaban J connectivity index is 0.000000200. The molecule has 67 heavy (non-hydrogen) atoms. The first-order chi connectivity index (χ1) is 31.4. The quantitative estimate of drug-likeness (QED) is 0.116. The minimum absolute atomic E-state index is 0.163. The maximum atomic E-state index is 13.9. The predicted molar refractivity (Wildman–Crippen MR) is 244 cm³/mol. The number of nitrogens with zero attached hydrogens (tertiary/aromatic N) is 4. The van der Waals surface area contributed by atoms with Gasteiger partial charge in [0.15, 0.2) is 14.9 Å². The highest BCUT2D eigenvalue weighted by molar-refractivity contribution is 7.90. The maximum absolute atomic E-state index is 13.9. The largest absolute Gasteiger partial charge is 0.437 e. The number of ether oxygens (including phenoxy) is 2. The molecular formula is C45H29Cl4F7N6O4S. The standard InChI is InChI=1S/C23H16Cl2F3N3O3S.C22H13Cl2F4N3O/c1-11-10-30-20-14(7-4-8-15(20)23(26,27)28)16(11)12-5-3-6-13(9-12)34-21-17(24)19(29)18(25)22(31-21)35(2,32)33;1-10-9-30-19-13(6-3-7-14(19)22(26,27)28)15(10)11-4-2-5-12(8-11)32-21-17(24)18(29)16(23)20(25)31-21/h3-10H,1-2H3,(H2,29,31);2-9H,1H3,(H2,29,31). The summed E-state index contributed by atoms with van der Waals surface area (Å²) in [6.45, 7) is 3.47. The first kappa shape index (κ1) is 48.7. The molecule has 0 unspecified atom stereocenters. The molecule has 0 bridgehead atoms. The number of hydrogen-bond acceptors (Lipinski definition) is 10. The van der Waals surface area contributed by atoms with E-state index in [0.717, 1.165) is 18.4 Å². The normalized spacial score (nSPS) is 12.0. The molecule has 8 rings (SSSR count). The van der Waals surface area contributed by atoms with E-state index in [1.54, 1.807) is 74.5 Å². The van der Waals surface area contributed by atoms with Crippen LogP contribution < -0.4 is 20.9 Å². The van der Waals surface area contributed by atoms with Crippen LogP contribution in [0.15, 0.2) is 102 Å². The minimum atomic E-state index is -4.57. The Labute approximate surface area is 396 Å². The van der Waals surface area contributed by atoms with Crippen LogP contribution in [0.4, 0.5) is 42.1 Å². The number of nitrogen functional groups attached to an aromatic ring is 2. The van der Waals surface area contributed by atoms with E-state index in [-0.39, 0.29) is 60.7 Å². The van der Waals surface area contributed by atoms with Gasteiger partial charge in [0.2, 0.25) is 17.7 Å². The van der Waals surface area contributed by atoms with Crippen molar-refractivity contribution in [2.45, 2.75) is 31.2 Å². The molecule has 0 fully saturated rings. The summed E-state index contributed by atoms with van der Waals surface area (Å²) in [5.74, 6) is -1.22. The Kier molecular flexibility index (Phi) is 13.4. The molecule has 8 aromatic rings. The Morgan fingerprint density at radius 1 is 0.582 bits per heavy atom. The highest BCUT2D eigenvalue weighted by Gasteiger charge is 2.35. The third kappa shape index (κ3) is 9.94. The van der Waals surface area contributed by atoms with Gasteiger partial charge in [0.25, 0.3) is 0 Å². The summed E-state index contributed by atoms with van der Waals surface area (Å²) in [5, 5.41) is -0.954. The van der Waals surface area contributed by atoms with Gasteiger partial charge in [0, 0.05) is 29.4 Å². The van der Waals surface area contributed by atoms with E-state index in [0.29, 0.717) is 44.2 Å². The second kappa shape index (κ2) is 18.5. The predicted octanol–water partition coefficient (Wildman–Crippen LogP) is 14.2. The van der Waals surface area contributed by atoms with Crippen LogP contribution in [0.2, 0.25) is 20.1 Å². The lowest BCUT2D eigenvalue weighted by Gasteiger charge is -2.15. The topological polar surface area (TPSA) is 156 Å². The van der Waals surface area contributed by atoms with Crippen LogP contribution in [0.5, 0.6) is 23.3 Å². The number of aromatic nitrogens is 4. The SMILES string of the molecule is Cc1cnc2c(C(F)(F)F)cccc2c1-c1cccc(Oc2nc(F)c(Cl)c(N)c2Cl)c1.Cc1cnc2c(C(F)(F)F)cccc2c1-c1cccc(Oc2nc(S(C)(=O)=O)c(Cl)c(N)c2Cl)c1. The molecule has 0 atom stereocenters. The summed E-state index contributed by atoms with van der Waals surface area (Å²) in [5.41, 5.74) is 12.5. The van der Waals surface area contributed by atoms with Crippen molar-refractivity contribution >= 4 is 89.4 Å². The van der Waals surface area contributed by atoms with Gasteiger partial charge in [-0.05, 0) is 83.6 Å². The van der Waals surface area contributed by atoms with Crippen LogP contribution in [-0.2, 0) is 22.2 Å². The molecule has 346 valence electrons. The zero-order valence-corrected chi connectivity index (χ0v) is 38.2. The van der Waals surface area contributed by atoms with Gasteiger partial charge in [-0.1, -0.05) is 94.9 Å². The molecule has 0 aliphatic heterocycles. The molecule has 10 nitrogen and oxygen atoms in total. The van der Waals surface area contributed by atoms with E-state index in [2.05, 4.69) is 19.9 Å². The molecule has 0 amide bonds. The van der Waals surface area contributed by atoms with Crippen LogP contribution >= 0.6 is 46.4 Å². The van der Waals surface area contributed by atoms with Crippen molar-refractivity contribution in [3.05, 3.63) is 146 Å². The fraction of sp³-hybridized carbons (Fsp3) is 0.111. The fourth-order valence-corrected chi connectivity index (χ4v) is 8.76. The van der Waals surface area contributed by atoms with E-state index in [1.807, 2.05) is 0 Å². The van der Waals surface area contributed by atoms with Gasteiger partial charge in [0.05, 0.1) is 33.5 Å². The van der Waals surface area contributed by atoms with E-state index < -0.39 is 49.3 Å². The Morgan fingerprint density at radius 2 is 0.985 bits per heavy atom. The number of hydrogen-bond donors (Lipinski definition) is 2. The lowest BCUT2D eigenvalue weighted by atomic mass is 9.95. The van der Waals surface area contributed by atoms with Crippen molar-refractivity contribution in [1.29, 1.82) is 0 Å². The molecule has 22 heteroatoms. The number of sulfone groups is 1. The lowest BCUT2D eigenvalue weighted by molar-refractivity contribution is -0.137. The maximum Gasteiger partial charge on any atom is 0.418 e. The summed E-state index contributed by atoms with van der Waals surface area (Å²) in [6.07, 6.45) is -5.46. The summed E-state index contributed by atoms with van der Waals surface area (Å²) >= 11 is 23.9. The number of fused-ring (bicyclic) bond motifs is 2. The van der Waals surface area contributed by atoms with Crippen molar-refractivity contribution in [1.82, 2.24) is 19.9 Å². The number of anilines is 2. The first-order valence-corrected chi connectivity index (χ1v) is 22.4. The molecule has 0 aliphatic rings. The lowest BCUT2D eigenvalue weighted by Crippen LogP contribution is -2.07. The van der Waals surface area contributed by atoms with Crippen molar-refractivity contribution in [3.8, 4) is 45.5 Å². The number of para-hydroxylation sites is 2. The highest BCUT2D eigenvalue weighted by atomic mass is 35.5. The van der Waals surface area contributed by atoms with E-state index in [9.17, 15) is 39.2 Å². The second-order valence-electron chi connectivity index (χ2n) is 14.6. The Hall–Kier alpha value is -6.18. The van der Waals surface area contributed by atoms with Crippen LogP contribution in [0.3, 0.4) is 0 Å². The van der Waals surface area contributed by atoms with Gasteiger partial charge in [0.1, 0.15) is 31.6 Å². The van der Waals surface area contributed by atoms with E-state index in [4.69, 9.17) is 67.3 Å². The third-order valence-electron chi connectivity index (χ3n) is 9.90. The zero-order chi connectivity index (χ0) is 48.9. The van der Waals surface area contributed by atoms with Crippen LogP contribution in [0.25, 0.3) is 44.1 Å². The molecule has 4 aromatic heterocycles. The summed E-state index contributed by atoms with van der Waals surface area (Å²) in [6, 6.07) is 20.6. The third-order valence-corrected chi connectivity index (χ3v) is 12.5. The Bertz CT molecular complexity index is 3400. The number of benzene rings is 4. The minimum Gasteiger partial charge on any atom is -0.437 e. The monoisotopic (exact) mass is 1020 g/mol. The van der Waals surface area contributed by atoms with Gasteiger partial charge in [-0.15, -0.1) is 0 Å². The highest BCUT2D eigenvalue weighted by Crippen LogP contribution is 2.44. The number of halogens is 11. The molecule has 4 aromatic carbocycles. The van der Waals surface area contributed by atoms with Gasteiger partial charge in [-0.25, -0.2) is 8.42 Å². The zero-order valence-electron chi connectivity index (χ0n) is 34.4. The molecule has 0 spiro atoms. The van der Waals surface area contributed by atoms with E-state index in [1.165, 1.54) is 24.5 Å². The number of rotatable bonds is 7. The van der Waals surface area contributed by atoms with E-state index >= 15 is 0 Å². The number of alkyl halides is 6. The fourth-order valence-electron chi connectivity index (χ4n) is 6.93. The molecular weight excluding hydrogens is 995 g/mol. The van der Waals surface area contributed by atoms with Crippen LogP contribution in [0.1, 0.15) is 22.3 Å². The molecule has 4 N–H and O–H groups in total. The average Bonchev–Trinajstić information content (AvgIpc) is 3.26. The van der Waals surface area contributed by atoms with Crippen LogP contribution in [0, 0.1) is 19.8 Å². The number of aryl methyl sites for hydroxylation is 2. The summed E-state index contributed by atoms with van der Waals surface area (Å²) in [7, 11) is -3.85. The first-order valence-electron chi connectivity index (χ1n) is 19.0. The molecule has 0 radical (unpaired) electrons. The Morgan fingerprint density at radius 3 is 1.40 bits per heavy atom. The van der Waals surface area contributed by atoms with Crippen molar-refractivity contribution in [2.24, 2.45) is 0 Å². The van der Waals surface area contributed by atoms with Crippen molar-refractivity contribution in [2.75, 3.05) is 17.7 Å².